The van der Waals surface area contributed by atoms with E-state index in [1.54, 1.807) is 45.3 Å². The average Bonchev–Trinajstić information content (AvgIpc) is 4.07. The van der Waals surface area contributed by atoms with Crippen LogP contribution < -0.4 is 11.1 Å². The van der Waals surface area contributed by atoms with Crippen molar-refractivity contribution in [3.05, 3.63) is 206 Å². The highest BCUT2D eigenvalue weighted by Crippen LogP contribution is 2.41. The molecule has 4 heterocycles. The molecule has 1 fully saturated rings. The highest BCUT2D eigenvalue weighted by molar-refractivity contribution is 6.00. The van der Waals surface area contributed by atoms with Gasteiger partial charge in [0.25, 0.3) is 5.69 Å². The molecule has 1 unspecified atom stereocenters. The van der Waals surface area contributed by atoms with Crippen molar-refractivity contribution in [1.29, 1.82) is 0 Å². The number of nitro groups is 1. The largest absolute Gasteiger partial charge is 0.477 e. The van der Waals surface area contributed by atoms with E-state index in [2.05, 4.69) is 60.1 Å². The number of allylic oxidation sites excluding steroid dienone is 1. The summed E-state index contributed by atoms with van der Waals surface area (Å²) in [5, 5.41) is 49.2. The third-order valence-electron chi connectivity index (χ3n) is 13.0. The second-order valence-corrected chi connectivity index (χ2v) is 19.3. The Morgan fingerprint density at radius 1 is 0.868 bits per heavy atom. The molecule has 2 aromatic heterocycles. The van der Waals surface area contributed by atoms with E-state index in [0.29, 0.717) is 49.0 Å². The van der Waals surface area contributed by atoms with Crippen LogP contribution >= 0.6 is 0 Å². The van der Waals surface area contributed by atoms with E-state index < -0.39 is 46.6 Å². The van der Waals surface area contributed by atoms with Gasteiger partial charge >= 0.3 is 17.9 Å². The summed E-state index contributed by atoms with van der Waals surface area (Å²) in [7, 11) is 0. The van der Waals surface area contributed by atoms with Crippen molar-refractivity contribution >= 4 is 23.6 Å². The third-order valence-corrected chi connectivity index (χ3v) is 13.0. The van der Waals surface area contributed by atoms with Crippen LogP contribution in [0.2, 0.25) is 0 Å². The molecule has 5 aromatic carbocycles. The van der Waals surface area contributed by atoms with Gasteiger partial charge in [-0.3, -0.25) is 15.0 Å². The van der Waals surface area contributed by atoms with Crippen LogP contribution in [0.5, 0.6) is 0 Å². The number of benzene rings is 5. The highest BCUT2D eigenvalue weighted by Gasteiger charge is 2.43. The number of carboxylic acid groups (broad SMARTS) is 1. The van der Waals surface area contributed by atoms with E-state index >= 15 is 0 Å². The summed E-state index contributed by atoms with van der Waals surface area (Å²) in [5.74, 6) is -2.31. The zero-order chi connectivity index (χ0) is 54.3. The van der Waals surface area contributed by atoms with E-state index in [1.807, 2.05) is 91.9 Å². The van der Waals surface area contributed by atoms with Gasteiger partial charge in [0.2, 0.25) is 5.82 Å². The first-order valence-electron chi connectivity index (χ1n) is 24.9. The summed E-state index contributed by atoms with van der Waals surface area (Å²) in [6.45, 7) is 11.5. The average molecular weight is 1030 g/mol. The molecule has 0 bridgehead atoms. The number of nitrogens with one attached hydrogen (secondary N) is 2. The molecule has 6 N–H and O–H groups in total. The number of aryl methyl sites for hydroxylation is 1. The zero-order valence-corrected chi connectivity index (χ0v) is 43.0. The molecule has 0 amide bonds. The van der Waals surface area contributed by atoms with Crippen LogP contribution in [0.25, 0.3) is 22.5 Å². The molecule has 1 saturated heterocycles. The van der Waals surface area contributed by atoms with Gasteiger partial charge in [-0.1, -0.05) is 128 Å². The molecular weight excluding hydrogens is 969 g/mol. The number of nitrogens with two attached hydrogens (primary N) is 1. The van der Waals surface area contributed by atoms with Crippen molar-refractivity contribution in [3.63, 3.8) is 0 Å². The molecule has 0 radical (unpaired) electrons. The van der Waals surface area contributed by atoms with Crippen LogP contribution in [0.4, 0.5) is 5.69 Å². The molecule has 19 nitrogen and oxygen atoms in total. The Kier molecular flexibility index (Phi) is 16.3. The number of carbonyl (C=O) groups excluding carboxylic acids is 2. The first kappa shape index (κ1) is 53.5. The Morgan fingerprint density at radius 3 is 2.07 bits per heavy atom. The van der Waals surface area contributed by atoms with E-state index in [9.17, 15) is 34.7 Å². The van der Waals surface area contributed by atoms with Crippen LogP contribution in [0.1, 0.15) is 104 Å². The van der Waals surface area contributed by atoms with Crippen LogP contribution in [-0.2, 0) is 37.6 Å². The Balaban J connectivity index is 0.000000209. The Morgan fingerprint density at radius 2 is 1.50 bits per heavy atom. The maximum Gasteiger partial charge on any atom is 0.354 e. The van der Waals surface area contributed by atoms with Gasteiger partial charge in [0.1, 0.15) is 29.0 Å². The lowest BCUT2D eigenvalue weighted by atomic mass is 9.81. The van der Waals surface area contributed by atoms with Crippen LogP contribution in [0.3, 0.4) is 0 Å². The van der Waals surface area contributed by atoms with Gasteiger partial charge in [-0.05, 0) is 79.6 Å². The normalized spacial score (nSPS) is 14.9. The Labute approximate surface area is 439 Å². The first-order valence-corrected chi connectivity index (χ1v) is 24.9. The molecule has 19 heteroatoms. The molecule has 2 aliphatic rings. The minimum Gasteiger partial charge on any atom is -0.477 e. The van der Waals surface area contributed by atoms with Crippen molar-refractivity contribution in [2.75, 3.05) is 13.1 Å². The first-order chi connectivity index (χ1) is 36.4. The predicted molar refractivity (Wildman–Crippen MR) is 283 cm³/mol. The lowest BCUT2D eigenvalue weighted by molar-refractivity contribution is -0.384. The number of hydrogen-bond acceptors (Lipinski definition) is 15. The van der Waals surface area contributed by atoms with Crippen molar-refractivity contribution in [1.82, 2.24) is 40.4 Å². The molecular formula is C57H60N10O9. The molecule has 9 rings (SSSR count). The van der Waals surface area contributed by atoms with Crippen molar-refractivity contribution in [2.45, 2.75) is 90.7 Å². The number of hydrogen-bond donors (Lipinski definition) is 5. The lowest BCUT2D eigenvalue weighted by Crippen LogP contribution is -2.54. The molecule has 0 spiro atoms. The number of aliphatic hydroxyl groups is 1. The molecule has 1 atom stereocenters. The standard InChI is InChI=1S/C33H34N4O6.C24H26N6O3/c1-20(2)42-32(38)27-21(3)35-31(34)29(28(27)24-15-10-16-25(17-24)37(40)41)33(39)43-26-18-36(19-26)30(22-11-6-4-7-12-22)23-13-8-5-9-14-23;1-4-7-19-25-21(24(2,3)33)20(23(31)32)30(19)14-15-10-12-16(13-11-15)17-8-5-6-9-18(17)22-26-28-29-27-22/h4-17,20,26,28,30,35H,18-19,34H2,1-3H3;5-6,8-13,33H,4,7,14H2,1-3H3,(H,31,32)(H,26,27,28,29). The number of aromatic carboxylic acids is 1. The van der Waals surface area contributed by atoms with Gasteiger partial charge in [-0.15, -0.1) is 10.2 Å². The van der Waals surface area contributed by atoms with E-state index in [0.717, 1.165) is 39.8 Å². The van der Waals surface area contributed by atoms with E-state index in [1.165, 1.54) is 18.2 Å². The third kappa shape index (κ3) is 11.9. The SMILES string of the molecule is CC1=C(C(=O)OC(C)C)C(c2cccc([N+](=O)[O-])c2)C(C(=O)OC2CN(C(c3ccccc3)c3ccccc3)C2)=C(N)N1.CCCc1nc(C(C)(C)O)c(C(=O)O)n1Cc1ccc(-c2ccccc2-c2nn[nH]n2)cc1. The van der Waals surface area contributed by atoms with Crippen LogP contribution in [-0.4, -0.2) is 93.4 Å². The van der Waals surface area contributed by atoms with Crippen LogP contribution in [0, 0.1) is 10.1 Å². The predicted octanol–water partition coefficient (Wildman–Crippen LogP) is 8.35. The monoisotopic (exact) mass is 1030 g/mol. The number of esters is 2. The van der Waals surface area contributed by atoms with Gasteiger partial charge in [-0.25, -0.2) is 19.4 Å². The number of dihydropyridines is 1. The van der Waals surface area contributed by atoms with E-state index in [4.69, 9.17) is 15.2 Å². The summed E-state index contributed by atoms with van der Waals surface area (Å²) in [4.78, 5) is 57.0. The molecule has 0 saturated carbocycles. The molecule has 2 aliphatic heterocycles. The topological polar surface area (TPSA) is 267 Å². The highest BCUT2D eigenvalue weighted by atomic mass is 16.6. The number of carboxylic acids is 1. The number of imidazole rings is 1. The van der Waals surface area contributed by atoms with Gasteiger partial charge < -0.3 is 35.3 Å². The Hall–Kier alpha value is -8.81. The summed E-state index contributed by atoms with van der Waals surface area (Å²) in [6, 6.07) is 41.8. The van der Waals surface area contributed by atoms with Gasteiger partial charge in [-0.2, -0.15) is 5.21 Å². The van der Waals surface area contributed by atoms with Crippen LogP contribution in [0.15, 0.2) is 156 Å². The maximum atomic E-state index is 13.8. The van der Waals surface area contributed by atoms with E-state index in [-0.39, 0.29) is 40.1 Å². The minimum absolute atomic E-state index is 0.00271. The number of carbonyl (C=O) groups is 3. The van der Waals surface area contributed by atoms with Crippen molar-refractivity contribution in [3.8, 4) is 22.5 Å². The summed E-state index contributed by atoms with van der Waals surface area (Å²) in [6.07, 6.45) is 0.576. The van der Waals surface area contributed by atoms with Crippen molar-refractivity contribution in [2.24, 2.45) is 5.73 Å². The number of rotatable bonds is 17. The quantitative estimate of drug-likeness (QED) is 0.0326. The number of ether oxygens (including phenoxy) is 2. The van der Waals surface area contributed by atoms with Gasteiger partial charge in [0.05, 0.1) is 34.1 Å². The fourth-order valence-corrected chi connectivity index (χ4v) is 9.54. The number of aromatic nitrogens is 6. The number of tetrazole rings is 1. The fraction of sp³-hybridized carbons (Fsp3) is 0.281. The second-order valence-electron chi connectivity index (χ2n) is 19.3. The minimum atomic E-state index is -1.36. The Bertz CT molecular complexity index is 3230. The number of likely N-dealkylation sites (tertiary alicyclic amines) is 1. The second kappa shape index (κ2) is 23.2. The smallest absolute Gasteiger partial charge is 0.354 e. The summed E-state index contributed by atoms with van der Waals surface area (Å²) in [5.41, 5.74) is 11.9. The van der Waals surface area contributed by atoms with Gasteiger partial charge in [0.15, 0.2) is 5.69 Å². The summed E-state index contributed by atoms with van der Waals surface area (Å²) < 4.78 is 13.1. The van der Waals surface area contributed by atoms with Crippen molar-refractivity contribution < 1.29 is 39.0 Å². The number of nitro benzene ring substituents is 1. The number of aromatic amines is 1. The number of nitrogens with zero attached hydrogens (tertiary/aromatic N) is 7. The maximum absolute atomic E-state index is 13.8. The number of non-ortho nitro benzene ring substituents is 1. The lowest BCUT2D eigenvalue weighted by Gasteiger charge is -2.44. The fourth-order valence-electron chi connectivity index (χ4n) is 9.54. The zero-order valence-electron chi connectivity index (χ0n) is 43.0. The molecule has 76 heavy (non-hydrogen) atoms. The molecule has 7 aromatic rings. The van der Waals surface area contributed by atoms with Gasteiger partial charge in [0, 0.05) is 49.4 Å². The molecule has 0 aliphatic carbocycles. The number of H-pyrrole nitrogens is 1. The summed E-state index contributed by atoms with van der Waals surface area (Å²) >= 11 is 0. The molecule has 392 valence electrons.